The number of carbonyl (C=O) groups is 3. The average Bonchev–Trinajstić information content (AvgIpc) is 3.63. The van der Waals surface area contributed by atoms with E-state index in [0.29, 0.717) is 25.9 Å². The number of anilines is 1. The molecule has 1 aromatic carbocycles. The summed E-state index contributed by atoms with van der Waals surface area (Å²) in [4.78, 5) is 43.3. The molecule has 6 unspecified atom stereocenters. The number of carbonyl (C=O) groups excluding carboxylic acids is 3. The number of imide groups is 1. The number of para-hydroxylation sites is 1. The molecule has 8 rings (SSSR count). The molecule has 1 spiro atoms. The maximum absolute atomic E-state index is 14.1. The van der Waals surface area contributed by atoms with Crippen molar-refractivity contribution in [3.63, 3.8) is 0 Å². The van der Waals surface area contributed by atoms with Gasteiger partial charge in [0.1, 0.15) is 11.2 Å². The van der Waals surface area contributed by atoms with E-state index in [2.05, 4.69) is 11.8 Å². The Morgan fingerprint density at radius 2 is 1.80 bits per heavy atom. The molecule has 49 heavy (non-hydrogen) atoms. The molecule has 1 aromatic rings. The first-order valence-electron chi connectivity index (χ1n) is 17.9. The fourth-order valence-corrected chi connectivity index (χ4v) is 13.2. The second-order valence-corrected chi connectivity index (χ2v) is 16.0. The van der Waals surface area contributed by atoms with Gasteiger partial charge in [-0.1, -0.05) is 26.0 Å². The number of likely N-dealkylation sites (tertiary alicyclic amines) is 1. The third-order valence-electron chi connectivity index (χ3n) is 14.5. The van der Waals surface area contributed by atoms with Crippen molar-refractivity contribution in [3.8, 4) is 0 Å². The number of methoxy groups -OCH3 is 4. The summed E-state index contributed by atoms with van der Waals surface area (Å²) >= 11 is 0. The van der Waals surface area contributed by atoms with Crippen LogP contribution in [0.2, 0.25) is 0 Å². The van der Waals surface area contributed by atoms with Crippen LogP contribution in [0.5, 0.6) is 0 Å². The quantitative estimate of drug-likeness (QED) is 0.292. The number of amides is 2. The number of ether oxygens (including phenoxy) is 5. The monoisotopic (exact) mass is 682 g/mol. The van der Waals surface area contributed by atoms with Gasteiger partial charge in [0.2, 0.25) is 11.8 Å². The minimum atomic E-state index is -1.70. The standard InChI is InChI=1S/C37H50N2O10/c1-7-38-17-34(18-49-32(42)20-10-8-9-11-23(20)39-26(40)14-19(2)31(39)41)13-12-25(46-4)36-22-15-21-24(45-3)16-35(43,27(22)28(21)47-5)37(44,33(36)38)30(48-6)29(34)36/h8-11,19,21-22,24-25,27-30,33,43-44H,7,12-18H2,1-6H3/t19?,21-,22?,24+,25+,27?,28+,29?,30?,33?,34+,35-,36+,37-/m1/s1. The molecule has 7 fully saturated rings. The zero-order chi connectivity index (χ0) is 34.8. The van der Waals surface area contributed by atoms with Gasteiger partial charge in [-0.15, -0.1) is 0 Å². The first-order valence-corrected chi connectivity index (χ1v) is 17.9. The van der Waals surface area contributed by atoms with Crippen molar-refractivity contribution in [2.45, 2.75) is 87.6 Å². The second-order valence-electron chi connectivity index (χ2n) is 16.0. The van der Waals surface area contributed by atoms with E-state index >= 15 is 0 Å². The van der Waals surface area contributed by atoms with Crippen LogP contribution in [0.15, 0.2) is 24.3 Å². The Hall–Kier alpha value is -2.45. The van der Waals surface area contributed by atoms with E-state index in [-0.39, 0.29) is 84.5 Å². The van der Waals surface area contributed by atoms with Gasteiger partial charge in [-0.25, -0.2) is 9.69 Å². The smallest absolute Gasteiger partial charge is 0.340 e. The zero-order valence-electron chi connectivity index (χ0n) is 29.3. The van der Waals surface area contributed by atoms with Gasteiger partial charge in [-0.05, 0) is 43.9 Å². The number of piperidine rings is 1. The fourth-order valence-electron chi connectivity index (χ4n) is 13.2. The Bertz CT molecular complexity index is 1560. The maximum atomic E-state index is 14.1. The SMILES string of the molecule is CCN1C[C@]2(COC(=O)c3ccccc3N3C(=O)CC(C)C3=O)CC[C@H](OC)[C@@]34C5C[C@@H]6[C@@H](OC)C[C@@](O)(C5[C@H]6OC)[C@@](O)(C(OC)C23)C14. The third kappa shape index (κ3) is 3.86. The summed E-state index contributed by atoms with van der Waals surface area (Å²) in [5.41, 5.74) is -4.17. The highest BCUT2D eigenvalue weighted by molar-refractivity contribution is 6.22. The predicted molar refractivity (Wildman–Crippen MR) is 174 cm³/mol. The largest absolute Gasteiger partial charge is 0.461 e. The lowest BCUT2D eigenvalue weighted by Crippen LogP contribution is -2.82. The summed E-state index contributed by atoms with van der Waals surface area (Å²) in [7, 11) is 6.70. The van der Waals surface area contributed by atoms with Gasteiger partial charge >= 0.3 is 5.97 Å². The Kier molecular flexibility index (Phi) is 7.75. The summed E-state index contributed by atoms with van der Waals surface area (Å²) < 4.78 is 31.4. The normalized spacial score (nSPS) is 48.0. The summed E-state index contributed by atoms with van der Waals surface area (Å²) in [6.07, 6.45) is 0.813. The molecule has 268 valence electrons. The highest BCUT2D eigenvalue weighted by Crippen LogP contribution is 2.80. The molecule has 2 amide bonds. The second kappa shape index (κ2) is 11.3. The van der Waals surface area contributed by atoms with E-state index in [0.717, 1.165) is 11.3 Å². The number of hydrogen-bond donors (Lipinski definition) is 2. The Morgan fingerprint density at radius 1 is 1.04 bits per heavy atom. The van der Waals surface area contributed by atoms with E-state index in [4.69, 9.17) is 23.7 Å². The summed E-state index contributed by atoms with van der Waals surface area (Å²) in [6, 6.07) is 6.12. The van der Waals surface area contributed by atoms with Gasteiger partial charge in [-0.3, -0.25) is 14.5 Å². The molecule has 5 aliphatic carbocycles. The first-order chi connectivity index (χ1) is 23.4. The minimum Gasteiger partial charge on any atom is -0.461 e. The van der Waals surface area contributed by atoms with E-state index in [1.807, 2.05) is 0 Å². The summed E-state index contributed by atoms with van der Waals surface area (Å²) in [6.45, 7) is 4.95. The van der Waals surface area contributed by atoms with E-state index in [1.165, 1.54) is 0 Å². The minimum absolute atomic E-state index is 0.0358. The van der Waals surface area contributed by atoms with Crippen LogP contribution in [0.4, 0.5) is 5.69 Å². The van der Waals surface area contributed by atoms with Crippen LogP contribution in [-0.2, 0) is 33.3 Å². The summed E-state index contributed by atoms with van der Waals surface area (Å²) in [5, 5.41) is 26.6. The van der Waals surface area contributed by atoms with Gasteiger partial charge < -0.3 is 33.9 Å². The first kappa shape index (κ1) is 33.7. The van der Waals surface area contributed by atoms with Gasteiger partial charge in [0.15, 0.2) is 0 Å². The van der Waals surface area contributed by atoms with Crippen molar-refractivity contribution in [1.29, 1.82) is 0 Å². The molecule has 0 aromatic heterocycles. The number of likely N-dealkylation sites (N-methyl/N-ethyl adjacent to an activating group) is 1. The lowest BCUT2D eigenvalue weighted by molar-refractivity contribution is -0.320. The van der Waals surface area contributed by atoms with Gasteiger partial charge in [0, 0.05) is 82.3 Å². The van der Waals surface area contributed by atoms with E-state index in [9.17, 15) is 24.6 Å². The van der Waals surface area contributed by atoms with Crippen molar-refractivity contribution in [3.05, 3.63) is 29.8 Å². The van der Waals surface area contributed by atoms with E-state index in [1.54, 1.807) is 59.6 Å². The molecular formula is C37H50N2O10. The van der Waals surface area contributed by atoms with Crippen LogP contribution < -0.4 is 4.90 Å². The molecule has 2 saturated heterocycles. The molecule has 7 bridgehead atoms. The highest BCUT2D eigenvalue weighted by Gasteiger charge is 2.91. The maximum Gasteiger partial charge on any atom is 0.340 e. The fraction of sp³-hybridized carbons (Fsp3) is 0.757. The number of fused-ring (bicyclic) bond motifs is 2. The van der Waals surface area contributed by atoms with Crippen molar-refractivity contribution < 1.29 is 48.3 Å². The molecule has 7 aliphatic rings. The molecule has 2 N–H and O–H groups in total. The van der Waals surface area contributed by atoms with Crippen molar-refractivity contribution in [2.75, 3.05) is 53.0 Å². The number of nitrogens with zero attached hydrogens (tertiary/aromatic N) is 2. The van der Waals surface area contributed by atoms with Crippen molar-refractivity contribution in [1.82, 2.24) is 4.90 Å². The van der Waals surface area contributed by atoms with Crippen LogP contribution in [0.3, 0.4) is 0 Å². The number of hydrogen-bond acceptors (Lipinski definition) is 11. The Balaban J connectivity index is 1.23. The lowest BCUT2D eigenvalue weighted by atomic mass is 9.42. The van der Waals surface area contributed by atoms with Gasteiger partial charge in [0.05, 0.1) is 48.3 Å². The van der Waals surface area contributed by atoms with Crippen LogP contribution in [0.25, 0.3) is 0 Å². The molecule has 12 nitrogen and oxygen atoms in total. The number of rotatable bonds is 9. The van der Waals surface area contributed by atoms with Gasteiger partial charge in [0.25, 0.3) is 0 Å². The molecule has 14 atom stereocenters. The number of esters is 1. The van der Waals surface area contributed by atoms with Crippen LogP contribution in [0, 0.1) is 40.4 Å². The predicted octanol–water partition coefficient (Wildman–Crippen LogP) is 2.04. The van der Waals surface area contributed by atoms with Gasteiger partial charge in [-0.2, -0.15) is 0 Å². The van der Waals surface area contributed by atoms with Crippen LogP contribution in [0.1, 0.15) is 56.3 Å². The number of benzene rings is 1. The average molecular weight is 683 g/mol. The lowest BCUT2D eigenvalue weighted by Gasteiger charge is -2.70. The Labute approximate surface area is 287 Å². The molecule has 0 radical (unpaired) electrons. The van der Waals surface area contributed by atoms with E-state index < -0.39 is 46.1 Å². The topological polar surface area (TPSA) is 144 Å². The van der Waals surface area contributed by atoms with Crippen LogP contribution >= 0.6 is 0 Å². The molecular weight excluding hydrogens is 632 g/mol. The molecule has 2 aliphatic heterocycles. The highest BCUT2D eigenvalue weighted by atomic mass is 16.5. The third-order valence-corrected chi connectivity index (χ3v) is 14.5. The van der Waals surface area contributed by atoms with Crippen LogP contribution in [-0.4, -0.2) is 123 Å². The summed E-state index contributed by atoms with van der Waals surface area (Å²) in [5.74, 6) is -2.47. The molecule has 5 saturated carbocycles. The number of aliphatic hydroxyl groups is 2. The molecule has 12 heteroatoms. The molecule has 2 heterocycles. The van der Waals surface area contributed by atoms with Crippen molar-refractivity contribution >= 4 is 23.5 Å². The zero-order valence-corrected chi connectivity index (χ0v) is 29.3. The Morgan fingerprint density at radius 3 is 2.43 bits per heavy atom. The van der Waals surface area contributed by atoms with Crippen molar-refractivity contribution in [2.24, 2.45) is 40.4 Å².